The normalized spacial score (nSPS) is 19.9. The Morgan fingerprint density at radius 1 is 1.25 bits per heavy atom. The molecule has 2 saturated heterocycles. The van der Waals surface area contributed by atoms with Crippen molar-refractivity contribution in [2.75, 3.05) is 18.5 Å². The van der Waals surface area contributed by atoms with Crippen LogP contribution in [0, 0.1) is 5.82 Å². The average Bonchev–Trinajstić information content (AvgIpc) is 2.42. The monoisotopic (exact) mass is 337 g/mol. The first kappa shape index (κ1) is 16.3. The molecule has 2 aliphatic rings. The Morgan fingerprint density at radius 3 is 2.46 bits per heavy atom. The lowest BCUT2D eigenvalue weighted by molar-refractivity contribution is -0.222. The Morgan fingerprint density at radius 2 is 1.92 bits per heavy atom. The number of ether oxygens (including phenoxy) is 4. The highest BCUT2D eigenvalue weighted by atomic mass is 19.1. The van der Waals surface area contributed by atoms with Gasteiger partial charge in [-0.15, -0.1) is 0 Å². The molecule has 0 bridgehead atoms. The highest BCUT2D eigenvalue weighted by Gasteiger charge is 2.38. The largest absolute Gasteiger partial charge is 0.483 e. The first-order valence-electron chi connectivity index (χ1n) is 7.31. The van der Waals surface area contributed by atoms with Crippen molar-refractivity contribution in [1.82, 2.24) is 0 Å². The molecule has 0 aromatic heterocycles. The van der Waals surface area contributed by atoms with Crippen molar-refractivity contribution in [1.29, 1.82) is 0 Å². The Bertz CT molecular complexity index is 689. The molecule has 0 spiro atoms. The molecular formula is C16H16FNO6. The Balaban J connectivity index is 1.68. The van der Waals surface area contributed by atoms with Crippen LogP contribution in [-0.4, -0.2) is 37.0 Å². The zero-order valence-electron chi connectivity index (χ0n) is 13.1. The van der Waals surface area contributed by atoms with E-state index in [1.165, 1.54) is 26.0 Å². The number of halogens is 1. The summed E-state index contributed by atoms with van der Waals surface area (Å²) in [6.45, 7) is 3.78. The second-order valence-corrected chi connectivity index (χ2v) is 5.80. The van der Waals surface area contributed by atoms with Crippen LogP contribution in [0.2, 0.25) is 0 Å². The smallest absolute Gasteiger partial charge is 0.350 e. The van der Waals surface area contributed by atoms with Crippen LogP contribution in [0.4, 0.5) is 10.1 Å². The number of carbonyl (C=O) groups excluding carboxylic acids is 2. The molecule has 1 N–H and O–H groups in total. The number of esters is 2. The lowest BCUT2D eigenvalue weighted by Gasteiger charge is -2.29. The van der Waals surface area contributed by atoms with E-state index in [-0.39, 0.29) is 17.4 Å². The van der Waals surface area contributed by atoms with Crippen LogP contribution in [-0.2, 0) is 23.8 Å². The molecular weight excluding hydrogens is 321 g/mol. The maximum absolute atomic E-state index is 14.0. The maximum atomic E-state index is 14.0. The average molecular weight is 337 g/mol. The first-order chi connectivity index (χ1) is 11.3. The Kier molecular flexibility index (Phi) is 4.15. The number of anilines is 1. The summed E-state index contributed by atoms with van der Waals surface area (Å²) in [5.41, 5.74) is 0.0318. The van der Waals surface area contributed by atoms with Crippen LogP contribution in [0.15, 0.2) is 30.0 Å². The summed E-state index contributed by atoms with van der Waals surface area (Å²) in [7, 11) is 0. The van der Waals surface area contributed by atoms with Gasteiger partial charge in [-0.2, -0.15) is 0 Å². The van der Waals surface area contributed by atoms with Gasteiger partial charge < -0.3 is 24.3 Å². The van der Waals surface area contributed by atoms with Crippen LogP contribution in [0.25, 0.3) is 0 Å². The van der Waals surface area contributed by atoms with Crippen molar-refractivity contribution < 1.29 is 32.9 Å². The third-order valence-electron chi connectivity index (χ3n) is 3.33. The van der Waals surface area contributed by atoms with E-state index in [1.807, 2.05) is 0 Å². The van der Waals surface area contributed by atoms with Crippen molar-refractivity contribution in [2.45, 2.75) is 25.7 Å². The lowest BCUT2D eigenvalue weighted by atomic mass is 10.2. The number of benzene rings is 1. The number of hydrogen-bond acceptors (Lipinski definition) is 7. The van der Waals surface area contributed by atoms with Gasteiger partial charge in [-0.05, 0) is 12.1 Å². The van der Waals surface area contributed by atoms with E-state index in [0.717, 1.165) is 6.20 Å². The van der Waals surface area contributed by atoms with E-state index >= 15 is 0 Å². The van der Waals surface area contributed by atoms with Crippen molar-refractivity contribution in [3.05, 3.63) is 35.8 Å². The zero-order valence-corrected chi connectivity index (χ0v) is 13.1. The molecule has 0 amide bonds. The number of cyclic esters (lactones) is 2. The molecule has 7 nitrogen and oxygen atoms in total. The minimum absolute atomic E-state index is 0.111. The standard InChI is InChI=1S/C16H16FNO6/c1-16(2)23-14(19)11(15(20)24-16)6-18-9-3-4-13(12(17)5-9)22-10-7-21-8-10/h3-6,10,18H,7-8H2,1-2H3. The van der Waals surface area contributed by atoms with Crippen molar-refractivity contribution in [3.8, 4) is 5.75 Å². The van der Waals surface area contributed by atoms with Crippen LogP contribution < -0.4 is 10.1 Å². The van der Waals surface area contributed by atoms with Crippen LogP contribution in [0.3, 0.4) is 0 Å². The molecule has 3 rings (SSSR count). The van der Waals surface area contributed by atoms with Gasteiger partial charge in [0.25, 0.3) is 5.79 Å². The van der Waals surface area contributed by atoms with Crippen LogP contribution in [0.5, 0.6) is 5.75 Å². The molecule has 8 heteroatoms. The highest BCUT2D eigenvalue weighted by Crippen LogP contribution is 2.25. The maximum Gasteiger partial charge on any atom is 0.350 e. The first-order valence-corrected chi connectivity index (χ1v) is 7.31. The number of nitrogens with one attached hydrogen (secondary N) is 1. The quantitative estimate of drug-likeness (QED) is 0.509. The van der Waals surface area contributed by atoms with Gasteiger partial charge in [-0.3, -0.25) is 0 Å². The summed E-state index contributed by atoms with van der Waals surface area (Å²) in [6, 6.07) is 4.20. The van der Waals surface area contributed by atoms with Gasteiger partial charge in [0.05, 0.1) is 13.2 Å². The van der Waals surface area contributed by atoms with Crippen LogP contribution >= 0.6 is 0 Å². The summed E-state index contributed by atoms with van der Waals surface area (Å²) in [5.74, 6) is -3.38. The summed E-state index contributed by atoms with van der Waals surface area (Å²) >= 11 is 0. The molecule has 2 aliphatic heterocycles. The number of rotatable bonds is 4. The molecule has 1 aromatic carbocycles. The Labute approximate surface area is 137 Å². The fourth-order valence-corrected chi connectivity index (χ4v) is 2.08. The van der Waals surface area contributed by atoms with E-state index in [2.05, 4.69) is 5.32 Å². The lowest BCUT2D eigenvalue weighted by Crippen LogP contribution is -2.42. The van der Waals surface area contributed by atoms with Gasteiger partial charge in [0.2, 0.25) is 0 Å². The van der Waals surface area contributed by atoms with E-state index in [1.54, 1.807) is 6.07 Å². The SMILES string of the molecule is CC1(C)OC(=O)C(=CNc2ccc(OC3COC3)c(F)c2)C(=O)O1. The zero-order chi connectivity index (χ0) is 17.3. The predicted molar refractivity (Wildman–Crippen MR) is 79.6 cm³/mol. The van der Waals surface area contributed by atoms with E-state index in [0.29, 0.717) is 18.9 Å². The topological polar surface area (TPSA) is 83.1 Å². The van der Waals surface area contributed by atoms with E-state index in [4.69, 9.17) is 18.9 Å². The fraction of sp³-hybridized carbons (Fsp3) is 0.375. The molecule has 2 heterocycles. The number of carbonyl (C=O) groups is 2. The molecule has 0 unspecified atom stereocenters. The molecule has 0 aliphatic carbocycles. The Hall–Kier alpha value is -2.61. The fourth-order valence-electron chi connectivity index (χ4n) is 2.08. The van der Waals surface area contributed by atoms with E-state index < -0.39 is 23.5 Å². The molecule has 2 fully saturated rings. The van der Waals surface area contributed by atoms with Gasteiger partial charge in [-0.25, -0.2) is 14.0 Å². The third kappa shape index (κ3) is 3.48. The molecule has 0 atom stereocenters. The van der Waals surface area contributed by atoms with Gasteiger partial charge in [-0.1, -0.05) is 0 Å². The second-order valence-electron chi connectivity index (χ2n) is 5.80. The molecule has 1 aromatic rings. The van der Waals surface area contributed by atoms with Crippen molar-refractivity contribution in [3.63, 3.8) is 0 Å². The molecule has 128 valence electrons. The summed E-state index contributed by atoms with van der Waals surface area (Å²) in [5, 5.41) is 2.67. The molecule has 0 saturated carbocycles. The van der Waals surface area contributed by atoms with Crippen LogP contribution in [0.1, 0.15) is 13.8 Å². The third-order valence-corrected chi connectivity index (χ3v) is 3.33. The summed E-state index contributed by atoms with van der Waals surface area (Å²) in [6.07, 6.45) is 0.977. The number of hydrogen-bond donors (Lipinski definition) is 1. The van der Waals surface area contributed by atoms with E-state index in [9.17, 15) is 14.0 Å². The van der Waals surface area contributed by atoms with Gasteiger partial charge >= 0.3 is 11.9 Å². The molecule has 0 radical (unpaired) electrons. The van der Waals surface area contributed by atoms with Gasteiger partial charge in [0.15, 0.2) is 17.1 Å². The van der Waals surface area contributed by atoms with Crippen molar-refractivity contribution in [2.24, 2.45) is 0 Å². The minimum Gasteiger partial charge on any atom is -0.483 e. The minimum atomic E-state index is -1.30. The summed E-state index contributed by atoms with van der Waals surface area (Å²) in [4.78, 5) is 23.6. The molecule has 24 heavy (non-hydrogen) atoms. The highest BCUT2D eigenvalue weighted by molar-refractivity contribution is 6.15. The summed E-state index contributed by atoms with van der Waals surface area (Å²) < 4.78 is 34.2. The van der Waals surface area contributed by atoms with Gasteiger partial charge in [0.1, 0.15) is 6.10 Å². The van der Waals surface area contributed by atoms with Gasteiger partial charge in [0, 0.05) is 31.8 Å². The van der Waals surface area contributed by atoms with Crippen molar-refractivity contribution >= 4 is 17.6 Å². The second kappa shape index (κ2) is 6.12. The predicted octanol–water partition coefficient (Wildman–Crippen LogP) is 1.74.